The number of hydrogen-bond donors (Lipinski definition) is 1. The van der Waals surface area contributed by atoms with E-state index < -0.39 is 0 Å². The van der Waals surface area contributed by atoms with Gasteiger partial charge in [-0.2, -0.15) is 4.98 Å². The second kappa shape index (κ2) is 5.05. The molecule has 0 unspecified atom stereocenters. The standard InChI is InChI=1S/C12H10FN3OS/c1-7-6-10(11(14)18)16-12(15-7)17-9-4-2-8(13)3-5-9/h2-6H,1H3,(H2,14,18). The Labute approximate surface area is 109 Å². The molecular weight excluding hydrogens is 253 g/mol. The van der Waals surface area contributed by atoms with Crippen LogP contribution < -0.4 is 10.5 Å². The van der Waals surface area contributed by atoms with Crippen LogP contribution in [0.5, 0.6) is 11.8 Å². The van der Waals surface area contributed by atoms with E-state index >= 15 is 0 Å². The summed E-state index contributed by atoms with van der Waals surface area (Å²) in [7, 11) is 0. The van der Waals surface area contributed by atoms with Crippen LogP contribution in [0.3, 0.4) is 0 Å². The van der Waals surface area contributed by atoms with Gasteiger partial charge >= 0.3 is 6.01 Å². The van der Waals surface area contributed by atoms with Gasteiger partial charge in [0.25, 0.3) is 0 Å². The van der Waals surface area contributed by atoms with Gasteiger partial charge in [0.15, 0.2) is 0 Å². The third-order valence-electron chi connectivity index (χ3n) is 2.11. The SMILES string of the molecule is Cc1cc(C(N)=S)nc(Oc2ccc(F)cc2)n1. The van der Waals surface area contributed by atoms with Gasteiger partial charge in [-0.15, -0.1) is 0 Å². The lowest BCUT2D eigenvalue weighted by Crippen LogP contribution is -2.13. The molecule has 1 aromatic carbocycles. The third-order valence-corrected chi connectivity index (χ3v) is 2.32. The van der Waals surface area contributed by atoms with Crippen molar-refractivity contribution in [3.63, 3.8) is 0 Å². The summed E-state index contributed by atoms with van der Waals surface area (Å²) in [5, 5.41) is 0. The molecule has 0 radical (unpaired) electrons. The second-order valence-corrected chi connectivity index (χ2v) is 4.04. The van der Waals surface area contributed by atoms with Gasteiger partial charge in [-0.1, -0.05) is 12.2 Å². The molecule has 0 aliphatic heterocycles. The van der Waals surface area contributed by atoms with Gasteiger partial charge in [-0.3, -0.25) is 0 Å². The Balaban J connectivity index is 2.28. The van der Waals surface area contributed by atoms with E-state index in [1.165, 1.54) is 24.3 Å². The van der Waals surface area contributed by atoms with Crippen molar-refractivity contribution in [3.05, 3.63) is 47.5 Å². The Morgan fingerprint density at radius 1 is 1.28 bits per heavy atom. The van der Waals surface area contributed by atoms with Crippen LogP contribution >= 0.6 is 12.2 Å². The highest BCUT2D eigenvalue weighted by Crippen LogP contribution is 2.18. The summed E-state index contributed by atoms with van der Waals surface area (Å²) in [6, 6.07) is 7.35. The van der Waals surface area contributed by atoms with E-state index in [-0.39, 0.29) is 16.8 Å². The fourth-order valence-electron chi connectivity index (χ4n) is 1.32. The molecule has 1 aromatic heterocycles. The minimum atomic E-state index is -0.337. The Hall–Kier alpha value is -2.08. The van der Waals surface area contributed by atoms with Crippen LogP contribution in [0.25, 0.3) is 0 Å². The number of aryl methyl sites for hydroxylation is 1. The van der Waals surface area contributed by atoms with Gasteiger partial charge in [0.05, 0.1) is 0 Å². The van der Waals surface area contributed by atoms with Crippen molar-refractivity contribution in [2.45, 2.75) is 6.92 Å². The first-order valence-corrected chi connectivity index (χ1v) is 5.54. The van der Waals surface area contributed by atoms with E-state index in [1.54, 1.807) is 13.0 Å². The van der Waals surface area contributed by atoms with Gasteiger partial charge in [0, 0.05) is 5.69 Å². The average Bonchev–Trinajstić information content (AvgIpc) is 2.31. The highest BCUT2D eigenvalue weighted by Gasteiger charge is 2.06. The quantitative estimate of drug-likeness (QED) is 0.861. The van der Waals surface area contributed by atoms with Crippen molar-refractivity contribution in [2.24, 2.45) is 5.73 Å². The first kappa shape index (κ1) is 12.4. The van der Waals surface area contributed by atoms with E-state index in [1.807, 2.05) is 0 Å². The monoisotopic (exact) mass is 263 g/mol. The van der Waals surface area contributed by atoms with Crippen molar-refractivity contribution in [3.8, 4) is 11.8 Å². The molecule has 0 aliphatic rings. The van der Waals surface area contributed by atoms with Crippen LogP contribution in [0.4, 0.5) is 4.39 Å². The molecule has 18 heavy (non-hydrogen) atoms. The maximum absolute atomic E-state index is 12.7. The van der Waals surface area contributed by atoms with Crippen molar-refractivity contribution >= 4 is 17.2 Å². The van der Waals surface area contributed by atoms with Crippen molar-refractivity contribution in [1.82, 2.24) is 9.97 Å². The Morgan fingerprint density at radius 2 is 1.94 bits per heavy atom. The number of rotatable bonds is 3. The van der Waals surface area contributed by atoms with Crippen molar-refractivity contribution in [1.29, 1.82) is 0 Å². The molecule has 1 heterocycles. The normalized spacial score (nSPS) is 10.1. The molecule has 6 heteroatoms. The van der Waals surface area contributed by atoms with Crippen LogP contribution in [0, 0.1) is 12.7 Å². The Morgan fingerprint density at radius 3 is 2.56 bits per heavy atom. The van der Waals surface area contributed by atoms with Crippen molar-refractivity contribution in [2.75, 3.05) is 0 Å². The van der Waals surface area contributed by atoms with E-state index in [9.17, 15) is 4.39 Å². The third kappa shape index (κ3) is 2.98. The lowest BCUT2D eigenvalue weighted by atomic mass is 10.3. The first-order valence-electron chi connectivity index (χ1n) is 5.13. The maximum atomic E-state index is 12.7. The lowest BCUT2D eigenvalue weighted by molar-refractivity contribution is 0.438. The molecule has 0 spiro atoms. The minimum absolute atomic E-state index is 0.129. The zero-order valence-corrected chi connectivity index (χ0v) is 10.4. The number of nitrogens with two attached hydrogens (primary N) is 1. The largest absolute Gasteiger partial charge is 0.424 e. The molecular formula is C12H10FN3OS. The molecule has 0 bridgehead atoms. The lowest BCUT2D eigenvalue weighted by Gasteiger charge is -2.06. The van der Waals surface area contributed by atoms with Gasteiger partial charge < -0.3 is 10.5 Å². The van der Waals surface area contributed by atoms with Crippen LogP contribution in [0.2, 0.25) is 0 Å². The molecule has 0 aliphatic carbocycles. The molecule has 2 rings (SSSR count). The summed E-state index contributed by atoms with van der Waals surface area (Å²) in [5.41, 5.74) is 6.63. The first-order chi connectivity index (χ1) is 8.54. The maximum Gasteiger partial charge on any atom is 0.322 e. The molecule has 92 valence electrons. The number of benzene rings is 1. The molecule has 0 amide bonds. The van der Waals surface area contributed by atoms with Gasteiger partial charge in [-0.05, 0) is 37.3 Å². The molecule has 0 saturated carbocycles. The number of ether oxygens (including phenoxy) is 1. The minimum Gasteiger partial charge on any atom is -0.424 e. The van der Waals surface area contributed by atoms with Gasteiger partial charge in [0.1, 0.15) is 22.2 Å². The number of nitrogens with zero attached hydrogens (tertiary/aromatic N) is 2. The number of aromatic nitrogens is 2. The summed E-state index contributed by atoms with van der Waals surface area (Å²) in [4.78, 5) is 8.32. The van der Waals surface area contributed by atoms with Crippen molar-refractivity contribution < 1.29 is 9.13 Å². The Bertz CT molecular complexity index is 586. The van der Waals surface area contributed by atoms with E-state index in [0.29, 0.717) is 17.1 Å². The zero-order valence-electron chi connectivity index (χ0n) is 9.55. The zero-order chi connectivity index (χ0) is 13.1. The molecule has 2 N–H and O–H groups in total. The van der Waals surface area contributed by atoms with E-state index in [2.05, 4.69) is 9.97 Å². The molecule has 0 atom stereocenters. The van der Waals surface area contributed by atoms with E-state index in [4.69, 9.17) is 22.7 Å². The van der Waals surface area contributed by atoms with Gasteiger partial charge in [-0.25, -0.2) is 9.37 Å². The molecule has 0 fully saturated rings. The highest BCUT2D eigenvalue weighted by molar-refractivity contribution is 7.80. The summed E-state index contributed by atoms with van der Waals surface area (Å²) in [6.07, 6.45) is 0. The van der Waals surface area contributed by atoms with Crippen LogP contribution in [-0.2, 0) is 0 Å². The fraction of sp³-hybridized carbons (Fsp3) is 0.0833. The predicted octanol–water partition coefficient (Wildman–Crippen LogP) is 2.35. The average molecular weight is 263 g/mol. The smallest absolute Gasteiger partial charge is 0.322 e. The highest BCUT2D eigenvalue weighted by atomic mass is 32.1. The molecule has 0 saturated heterocycles. The van der Waals surface area contributed by atoms with Crippen LogP contribution in [0.1, 0.15) is 11.4 Å². The summed E-state index contributed by atoms with van der Waals surface area (Å²) < 4.78 is 18.1. The summed E-state index contributed by atoms with van der Waals surface area (Å²) in [5.74, 6) is 0.104. The summed E-state index contributed by atoms with van der Waals surface area (Å²) in [6.45, 7) is 1.78. The summed E-state index contributed by atoms with van der Waals surface area (Å²) >= 11 is 4.85. The number of halogens is 1. The predicted molar refractivity (Wildman–Crippen MR) is 69.1 cm³/mol. The van der Waals surface area contributed by atoms with E-state index in [0.717, 1.165) is 0 Å². The van der Waals surface area contributed by atoms with Gasteiger partial charge in [0.2, 0.25) is 0 Å². The second-order valence-electron chi connectivity index (χ2n) is 3.60. The Kier molecular flexibility index (Phi) is 3.47. The number of hydrogen-bond acceptors (Lipinski definition) is 4. The molecule has 2 aromatic rings. The topological polar surface area (TPSA) is 61.0 Å². The van der Waals surface area contributed by atoms with Crippen LogP contribution in [-0.4, -0.2) is 15.0 Å². The molecule has 4 nitrogen and oxygen atoms in total. The fourth-order valence-corrected chi connectivity index (χ4v) is 1.43. The number of thiocarbonyl (C=S) groups is 1. The van der Waals surface area contributed by atoms with Crippen LogP contribution in [0.15, 0.2) is 30.3 Å².